The predicted molar refractivity (Wildman–Crippen MR) is 132 cm³/mol. The zero-order chi connectivity index (χ0) is 27.1. The number of nitrogens with one attached hydrogen (secondary N) is 3. The molecule has 0 aromatic carbocycles. The predicted octanol–water partition coefficient (Wildman–Crippen LogP) is -11.3. The van der Waals surface area contributed by atoms with E-state index in [9.17, 15) is 35.7 Å². The van der Waals surface area contributed by atoms with E-state index in [0.717, 1.165) is 13.1 Å². The minimum atomic E-state index is -1.41. The Morgan fingerprint density at radius 1 is 0.730 bits per heavy atom. The van der Waals surface area contributed by atoms with E-state index in [1.54, 1.807) is 0 Å². The lowest BCUT2D eigenvalue weighted by molar-refractivity contribution is -0.651. The van der Waals surface area contributed by atoms with Gasteiger partial charge in [-0.3, -0.25) is 5.32 Å². The second-order valence-corrected chi connectivity index (χ2v) is 9.11. The molecule has 10 unspecified atom stereocenters. The van der Waals surface area contributed by atoms with Gasteiger partial charge in [0.05, 0.1) is 31.9 Å². The van der Waals surface area contributed by atoms with E-state index < -0.39 is 67.5 Å². The van der Waals surface area contributed by atoms with Gasteiger partial charge in [-0.1, -0.05) is 0 Å². The van der Waals surface area contributed by atoms with Crippen molar-refractivity contribution in [3.05, 3.63) is 0 Å². The van der Waals surface area contributed by atoms with Gasteiger partial charge in [-0.25, -0.2) is 0 Å². The summed E-state index contributed by atoms with van der Waals surface area (Å²) in [5.74, 6) is -0.488. The van der Waals surface area contributed by atoms with E-state index in [1.807, 2.05) is 5.32 Å². The highest BCUT2D eigenvalue weighted by molar-refractivity contribution is 4.95. The van der Waals surface area contributed by atoms with Gasteiger partial charge in [-0.15, -0.1) is 0 Å². The molecule has 0 aromatic rings. The zero-order valence-corrected chi connectivity index (χ0v) is 21.9. The number of nitrogens with two attached hydrogens (primary N) is 3. The summed E-state index contributed by atoms with van der Waals surface area (Å²) in [5.41, 5.74) is 10.3. The van der Waals surface area contributed by atoms with E-state index >= 15 is 0 Å². The van der Waals surface area contributed by atoms with Crippen LogP contribution in [-0.2, 0) is 4.74 Å². The molecule has 17 N–H and O–H groups in total. The molecule has 16 heteroatoms. The summed E-state index contributed by atoms with van der Waals surface area (Å²) in [7, 11) is 0. The quantitative estimate of drug-likeness (QED) is 0.0869. The average molecular weight is 567 g/mol. The summed E-state index contributed by atoms with van der Waals surface area (Å²) in [6, 6.07) is -0.425. The van der Waals surface area contributed by atoms with Crippen molar-refractivity contribution in [3.8, 4) is 0 Å². The van der Waals surface area contributed by atoms with Gasteiger partial charge in [-0.2, -0.15) is 0 Å². The second-order valence-electron chi connectivity index (χ2n) is 9.11. The smallest absolute Gasteiger partial charge is 0.137 e. The van der Waals surface area contributed by atoms with E-state index in [1.165, 1.54) is 0 Å². The fraction of sp³-hybridized carbons (Fsp3) is 1.00. The van der Waals surface area contributed by atoms with Crippen LogP contribution in [0.1, 0.15) is 7.85 Å². The third-order valence-corrected chi connectivity index (χ3v) is 6.37. The highest BCUT2D eigenvalue weighted by atomic mass is 35.5. The van der Waals surface area contributed by atoms with Gasteiger partial charge in [0.2, 0.25) is 0 Å². The Bertz CT molecular complexity index is 523. The molecule has 226 valence electrons. The molecular weight excluding hydrogens is 516 g/mol. The summed E-state index contributed by atoms with van der Waals surface area (Å²) in [4.78, 5) is 0. The largest absolute Gasteiger partial charge is 1.00 e. The molecule has 15 nitrogen and oxygen atoms in total. The van der Waals surface area contributed by atoms with Crippen molar-refractivity contribution in [2.24, 2.45) is 17.4 Å². The first-order chi connectivity index (χ1) is 17.2. The third kappa shape index (κ3) is 12.2. The first-order valence-corrected chi connectivity index (χ1v) is 12.6. The molecule has 1 saturated carbocycles. The minimum absolute atomic E-state index is 0. The number of aliphatic hydroxyl groups is 8. The van der Waals surface area contributed by atoms with Gasteiger partial charge in [0.15, 0.2) is 0 Å². The van der Waals surface area contributed by atoms with Crippen LogP contribution in [0.5, 0.6) is 0 Å². The molecule has 2 rings (SSSR count). The molecule has 0 amide bonds. The topological polar surface area (TPSA) is 276 Å². The van der Waals surface area contributed by atoms with Crippen LogP contribution in [0.4, 0.5) is 0 Å². The molecule has 10 atom stereocenters. The fourth-order valence-corrected chi connectivity index (χ4v) is 4.15. The molecule has 2 aliphatic rings. The van der Waals surface area contributed by atoms with Crippen molar-refractivity contribution in [1.82, 2.24) is 16.0 Å². The van der Waals surface area contributed by atoms with Crippen LogP contribution in [0, 0.1) is 5.92 Å². The van der Waals surface area contributed by atoms with Crippen LogP contribution in [0.2, 0.25) is 0 Å². The SMILES string of the molecule is NCCNCCN.OCC1CC(NCC[NH2+]CCNC2OC(CO)C(O)C(O)C2O)C(O)C(O)C1O.[Cl-].[HH]. The van der Waals surface area contributed by atoms with Crippen LogP contribution in [0.3, 0.4) is 0 Å². The Morgan fingerprint density at radius 2 is 1.30 bits per heavy atom. The molecule has 0 spiro atoms. The summed E-state index contributed by atoms with van der Waals surface area (Å²) in [6.45, 7) is 4.63. The Morgan fingerprint density at radius 3 is 1.84 bits per heavy atom. The molecule has 37 heavy (non-hydrogen) atoms. The maximum absolute atomic E-state index is 10.0. The van der Waals surface area contributed by atoms with Crippen molar-refractivity contribution in [2.75, 3.05) is 65.6 Å². The Balaban J connectivity index is 0. The molecule has 1 aliphatic carbocycles. The van der Waals surface area contributed by atoms with Gasteiger partial charge >= 0.3 is 0 Å². The molecular formula is C21H51ClN6O9. The van der Waals surface area contributed by atoms with Crippen molar-refractivity contribution in [1.29, 1.82) is 0 Å². The van der Waals surface area contributed by atoms with Gasteiger partial charge in [0.25, 0.3) is 0 Å². The minimum Gasteiger partial charge on any atom is -1.00 e. The Kier molecular flexibility index (Phi) is 20.4. The van der Waals surface area contributed by atoms with Crippen molar-refractivity contribution in [3.63, 3.8) is 0 Å². The van der Waals surface area contributed by atoms with Crippen molar-refractivity contribution in [2.45, 2.75) is 61.4 Å². The van der Waals surface area contributed by atoms with Crippen LogP contribution < -0.4 is 45.1 Å². The number of halogens is 1. The van der Waals surface area contributed by atoms with E-state index in [0.29, 0.717) is 45.7 Å². The summed E-state index contributed by atoms with van der Waals surface area (Å²) < 4.78 is 5.35. The first kappa shape index (κ1) is 36.7. The maximum Gasteiger partial charge on any atom is 0.137 e. The zero-order valence-electron chi connectivity index (χ0n) is 21.1. The number of hydrogen-bond donors (Lipinski definition) is 14. The summed E-state index contributed by atoms with van der Waals surface area (Å²) in [6.07, 6.45) is -9.16. The Labute approximate surface area is 225 Å². The molecule has 0 radical (unpaired) electrons. The van der Waals surface area contributed by atoms with Crippen LogP contribution in [0.25, 0.3) is 0 Å². The molecule has 1 heterocycles. The number of quaternary nitrogens is 1. The van der Waals surface area contributed by atoms with E-state index in [2.05, 4.69) is 16.0 Å². The monoisotopic (exact) mass is 566 g/mol. The highest BCUT2D eigenvalue weighted by Crippen LogP contribution is 2.25. The molecule has 1 aliphatic heterocycles. The van der Waals surface area contributed by atoms with Crippen molar-refractivity contribution < 1.29 is 64.7 Å². The fourth-order valence-electron chi connectivity index (χ4n) is 4.15. The standard InChI is InChI=1S/C17H35N3O9.C4H13N3.ClH.H2/c21-6-8-5-9(12(24)14(26)11(8)23)19-3-1-18-2-4-20-17-16(28)15(27)13(25)10(7-22)29-17;5-1-3-7-4-2-6;;/h8-28H,1-7H2;7H,1-6H2;2*1H. The molecule has 1 saturated heterocycles. The number of aliphatic hydroxyl groups excluding tert-OH is 8. The van der Waals surface area contributed by atoms with Gasteiger partial charge in [-0.05, 0) is 6.42 Å². The molecule has 0 aromatic heterocycles. The van der Waals surface area contributed by atoms with Crippen LogP contribution in [0.15, 0.2) is 0 Å². The van der Waals surface area contributed by atoms with Gasteiger partial charge in [0.1, 0.15) is 36.7 Å². The van der Waals surface area contributed by atoms with Gasteiger partial charge < -0.3 is 85.4 Å². The van der Waals surface area contributed by atoms with Crippen molar-refractivity contribution >= 4 is 0 Å². The third-order valence-electron chi connectivity index (χ3n) is 6.37. The first-order valence-electron chi connectivity index (χ1n) is 12.6. The van der Waals surface area contributed by atoms with Gasteiger partial charge in [0, 0.05) is 59.3 Å². The molecule has 2 fully saturated rings. The normalized spacial score (nSPS) is 35.8. The van der Waals surface area contributed by atoms with Crippen LogP contribution in [-0.4, -0.2) is 161 Å². The average Bonchev–Trinajstić information content (AvgIpc) is 2.88. The maximum atomic E-state index is 10.0. The lowest BCUT2D eigenvalue weighted by atomic mass is 9.80. The van der Waals surface area contributed by atoms with E-state index in [4.69, 9.17) is 21.3 Å². The van der Waals surface area contributed by atoms with E-state index in [-0.39, 0.29) is 20.4 Å². The lowest BCUT2D eigenvalue weighted by Gasteiger charge is -2.40. The second kappa shape index (κ2) is 20.6. The number of hydrogen-bond acceptors (Lipinski definition) is 14. The number of rotatable bonds is 14. The van der Waals surface area contributed by atoms with Crippen LogP contribution >= 0.6 is 0 Å². The molecule has 0 bridgehead atoms. The summed E-state index contributed by atoms with van der Waals surface area (Å²) in [5, 5.41) is 88.6. The summed E-state index contributed by atoms with van der Waals surface area (Å²) >= 11 is 0. The lowest BCUT2D eigenvalue weighted by Crippen LogP contribution is -3.00. The highest BCUT2D eigenvalue weighted by Gasteiger charge is 2.43. The Hall–Kier alpha value is -0.310. The number of ether oxygens (including phenoxy) is 1.